The maximum atomic E-state index is 5.11. The molecule has 1 aliphatic rings. The van der Waals surface area contributed by atoms with Crippen molar-refractivity contribution in [3.63, 3.8) is 0 Å². The molecule has 0 spiro atoms. The van der Waals surface area contributed by atoms with Crippen molar-refractivity contribution in [3.05, 3.63) is 47.5 Å². The van der Waals surface area contributed by atoms with E-state index in [4.69, 9.17) is 4.42 Å². The second-order valence-electron chi connectivity index (χ2n) is 2.20. The maximum absolute atomic E-state index is 5.11. The van der Waals surface area contributed by atoms with Crippen LogP contribution < -0.4 is 10.8 Å². The van der Waals surface area contributed by atoms with Crippen LogP contribution in [0.25, 0.3) is 6.08 Å². The van der Waals surface area contributed by atoms with Crippen LogP contribution in [0, 0.1) is 0 Å². The zero-order chi connectivity index (χ0) is 7.52. The van der Waals surface area contributed by atoms with E-state index in [2.05, 4.69) is 4.99 Å². The predicted molar refractivity (Wildman–Crippen MR) is 42.2 cm³/mol. The lowest BCUT2D eigenvalue weighted by Gasteiger charge is -1.79. The lowest BCUT2D eigenvalue weighted by atomic mass is 10.3. The number of allylic oxidation sites excluding steroid dienone is 3. The van der Waals surface area contributed by atoms with Gasteiger partial charge in [-0.2, -0.15) is 0 Å². The van der Waals surface area contributed by atoms with Crippen molar-refractivity contribution >= 4 is 6.08 Å². The van der Waals surface area contributed by atoms with Gasteiger partial charge in [0.1, 0.15) is 0 Å². The molecule has 0 aromatic carbocycles. The van der Waals surface area contributed by atoms with Crippen molar-refractivity contribution in [3.8, 4) is 0 Å². The first-order valence-corrected chi connectivity index (χ1v) is 3.42. The highest BCUT2D eigenvalue weighted by Gasteiger charge is 1.87. The van der Waals surface area contributed by atoms with Gasteiger partial charge in [-0.15, -0.1) is 0 Å². The average Bonchev–Trinajstić information content (AvgIpc) is 2.35. The van der Waals surface area contributed by atoms with E-state index in [0.29, 0.717) is 5.55 Å². The Morgan fingerprint density at radius 3 is 3.18 bits per heavy atom. The molecule has 54 valence electrons. The van der Waals surface area contributed by atoms with Crippen LogP contribution >= 0.6 is 0 Å². The van der Waals surface area contributed by atoms with Gasteiger partial charge in [-0.1, -0.05) is 12.2 Å². The zero-order valence-electron chi connectivity index (χ0n) is 5.90. The van der Waals surface area contributed by atoms with Crippen LogP contribution in [-0.4, -0.2) is 0 Å². The van der Waals surface area contributed by atoms with Crippen molar-refractivity contribution in [1.82, 2.24) is 0 Å². The summed E-state index contributed by atoms with van der Waals surface area (Å²) in [5, 5.41) is 1.02. The third-order valence-electron chi connectivity index (χ3n) is 1.45. The normalized spacial score (nSPS) is 17.3. The van der Waals surface area contributed by atoms with Crippen molar-refractivity contribution in [2.45, 2.75) is 0 Å². The smallest absolute Gasteiger partial charge is 0.225 e. The number of fused-ring (bicyclic) bond motifs is 1. The van der Waals surface area contributed by atoms with Crippen molar-refractivity contribution in [2.75, 3.05) is 0 Å². The quantitative estimate of drug-likeness (QED) is 0.529. The molecule has 0 aliphatic carbocycles. The maximum Gasteiger partial charge on any atom is 0.225 e. The highest BCUT2D eigenvalue weighted by atomic mass is 16.3. The van der Waals surface area contributed by atoms with E-state index in [1.54, 1.807) is 12.5 Å². The van der Waals surface area contributed by atoms with Crippen LogP contribution in [-0.2, 0) is 0 Å². The van der Waals surface area contributed by atoms with Gasteiger partial charge < -0.3 is 4.42 Å². The molecule has 0 N–H and O–H groups in total. The summed E-state index contributed by atoms with van der Waals surface area (Å²) >= 11 is 0. The number of hydrogen-bond donors (Lipinski definition) is 0. The van der Waals surface area contributed by atoms with Crippen molar-refractivity contribution in [2.24, 2.45) is 4.99 Å². The molecule has 1 aliphatic heterocycles. The summed E-state index contributed by atoms with van der Waals surface area (Å²) in [7, 11) is 0. The van der Waals surface area contributed by atoms with Gasteiger partial charge in [0.2, 0.25) is 5.55 Å². The Labute approximate surface area is 63.9 Å². The van der Waals surface area contributed by atoms with E-state index in [1.165, 1.54) is 0 Å². The Kier molecular flexibility index (Phi) is 1.44. The molecule has 0 saturated heterocycles. The van der Waals surface area contributed by atoms with Crippen LogP contribution in [0.5, 0.6) is 0 Å². The second-order valence-corrected chi connectivity index (χ2v) is 2.20. The molecule has 1 aromatic rings. The van der Waals surface area contributed by atoms with Gasteiger partial charge in [0.25, 0.3) is 0 Å². The van der Waals surface area contributed by atoms with Gasteiger partial charge in [0, 0.05) is 11.4 Å². The molecule has 0 amide bonds. The number of rotatable bonds is 0. The fourth-order valence-corrected chi connectivity index (χ4v) is 0.927. The molecule has 0 fully saturated rings. The third kappa shape index (κ3) is 1.15. The van der Waals surface area contributed by atoms with Crippen LogP contribution in [0.2, 0.25) is 0 Å². The van der Waals surface area contributed by atoms with Gasteiger partial charge >= 0.3 is 0 Å². The number of nitrogens with zero attached hydrogens (tertiary/aromatic N) is 1. The van der Waals surface area contributed by atoms with E-state index in [1.807, 2.05) is 30.4 Å². The molecule has 2 heteroatoms. The molecule has 0 radical (unpaired) electrons. The van der Waals surface area contributed by atoms with Crippen LogP contribution in [0.4, 0.5) is 0 Å². The van der Waals surface area contributed by atoms with Crippen LogP contribution in [0.1, 0.15) is 0 Å². The molecular weight excluding hydrogens is 138 g/mol. The van der Waals surface area contributed by atoms with Gasteiger partial charge in [-0.25, -0.2) is 4.99 Å². The van der Waals surface area contributed by atoms with Crippen molar-refractivity contribution < 1.29 is 4.42 Å². The number of furan rings is 1. The molecule has 0 bridgehead atoms. The van der Waals surface area contributed by atoms with E-state index in [9.17, 15) is 0 Å². The van der Waals surface area contributed by atoms with E-state index in [-0.39, 0.29) is 0 Å². The summed E-state index contributed by atoms with van der Waals surface area (Å²) in [6.07, 6.45) is 11.1. The van der Waals surface area contributed by atoms with Crippen LogP contribution in [0.15, 0.2) is 46.2 Å². The summed E-state index contributed by atoms with van der Waals surface area (Å²) in [6, 6.07) is 1.89. The average molecular weight is 145 g/mol. The standard InChI is InChI=1S/C9H7NO/c1-2-4-8-5-7-11-9(8)10-6-3-1/h1-7H/b2-1?,3-1?,4-2?,6-3?,8-4+,10-6?,10-9?. The van der Waals surface area contributed by atoms with Crippen molar-refractivity contribution in [1.29, 1.82) is 0 Å². The second kappa shape index (κ2) is 2.58. The Balaban J connectivity index is 2.80. The molecule has 2 rings (SSSR count). The minimum absolute atomic E-state index is 0.672. The highest BCUT2D eigenvalue weighted by Crippen LogP contribution is 1.82. The lowest BCUT2D eigenvalue weighted by molar-refractivity contribution is 0.511. The third-order valence-corrected chi connectivity index (χ3v) is 1.45. The summed E-state index contributed by atoms with van der Waals surface area (Å²) in [5.74, 6) is 0. The topological polar surface area (TPSA) is 25.5 Å². The molecule has 2 nitrogen and oxygen atoms in total. The highest BCUT2D eigenvalue weighted by molar-refractivity contribution is 5.37. The molecular formula is C9H7NO. The summed E-state index contributed by atoms with van der Waals surface area (Å²) < 4.78 is 5.11. The van der Waals surface area contributed by atoms with Gasteiger partial charge in [0.15, 0.2) is 0 Å². The first-order valence-electron chi connectivity index (χ1n) is 3.42. The van der Waals surface area contributed by atoms with E-state index < -0.39 is 0 Å². The molecule has 0 saturated carbocycles. The SMILES string of the molecule is C1=C/C=c2\ccoc2=NC=C1. The molecule has 2 heterocycles. The monoisotopic (exact) mass is 145 g/mol. The largest absolute Gasteiger partial charge is 0.446 e. The fraction of sp³-hybridized carbons (Fsp3) is 0. The molecule has 11 heavy (non-hydrogen) atoms. The minimum atomic E-state index is 0.672. The molecule has 1 aromatic heterocycles. The fourth-order valence-electron chi connectivity index (χ4n) is 0.927. The van der Waals surface area contributed by atoms with Gasteiger partial charge in [-0.3, -0.25) is 0 Å². The van der Waals surface area contributed by atoms with E-state index >= 15 is 0 Å². The Bertz CT molecular complexity index is 371. The first-order chi connectivity index (χ1) is 5.47. The number of hydrogen-bond acceptors (Lipinski definition) is 2. The van der Waals surface area contributed by atoms with Gasteiger partial charge in [-0.05, 0) is 18.2 Å². The zero-order valence-corrected chi connectivity index (χ0v) is 5.90. The Hall–Kier alpha value is -1.57. The van der Waals surface area contributed by atoms with Crippen LogP contribution in [0.3, 0.4) is 0 Å². The van der Waals surface area contributed by atoms with E-state index in [0.717, 1.165) is 5.22 Å². The minimum Gasteiger partial charge on any atom is -0.446 e. The Morgan fingerprint density at radius 1 is 1.18 bits per heavy atom. The summed E-state index contributed by atoms with van der Waals surface area (Å²) in [6.45, 7) is 0. The predicted octanol–water partition coefficient (Wildman–Crippen LogP) is 0.763. The van der Waals surface area contributed by atoms with Gasteiger partial charge in [0.05, 0.1) is 6.26 Å². The summed E-state index contributed by atoms with van der Waals surface area (Å²) in [5.41, 5.74) is 0.672. The first kappa shape index (κ1) is 6.16. The molecule has 0 atom stereocenters. The summed E-state index contributed by atoms with van der Waals surface area (Å²) in [4.78, 5) is 4.08. The lowest BCUT2D eigenvalue weighted by Crippen LogP contribution is -2.18. The Morgan fingerprint density at radius 2 is 2.18 bits per heavy atom. The molecule has 0 unspecified atom stereocenters.